The lowest BCUT2D eigenvalue weighted by Crippen LogP contribution is -2.29. The number of rotatable bonds is 7. The summed E-state index contributed by atoms with van der Waals surface area (Å²) in [7, 11) is 1.58. The van der Waals surface area contributed by atoms with Gasteiger partial charge in [-0.1, -0.05) is 30.3 Å². The van der Waals surface area contributed by atoms with Crippen molar-refractivity contribution in [2.75, 3.05) is 7.11 Å². The van der Waals surface area contributed by atoms with E-state index < -0.39 is 0 Å². The molecule has 0 spiro atoms. The van der Waals surface area contributed by atoms with Gasteiger partial charge in [0.2, 0.25) is 11.6 Å². The van der Waals surface area contributed by atoms with Crippen LogP contribution in [0.25, 0.3) is 0 Å². The Labute approximate surface area is 168 Å². The third-order valence-electron chi connectivity index (χ3n) is 4.88. The van der Waals surface area contributed by atoms with E-state index in [-0.39, 0.29) is 11.3 Å². The minimum absolute atomic E-state index is 0.164. The molecule has 2 aromatic heterocycles. The van der Waals surface area contributed by atoms with Crippen molar-refractivity contribution >= 4 is 0 Å². The molecule has 4 rings (SSSR count). The Hall–Kier alpha value is -3.26. The molecule has 29 heavy (non-hydrogen) atoms. The average molecular weight is 393 g/mol. The lowest BCUT2D eigenvalue weighted by molar-refractivity contribution is 0.255. The first-order chi connectivity index (χ1) is 14.2. The maximum absolute atomic E-state index is 12.9. The summed E-state index contributed by atoms with van der Waals surface area (Å²) in [5, 5.41) is 0. The molecule has 3 aromatic rings. The zero-order valence-electron chi connectivity index (χ0n) is 16.5. The van der Waals surface area contributed by atoms with Gasteiger partial charge in [0, 0.05) is 19.6 Å². The fourth-order valence-electron chi connectivity index (χ4n) is 3.38. The summed E-state index contributed by atoms with van der Waals surface area (Å²) in [6.07, 6.45) is 3.15. The van der Waals surface area contributed by atoms with Crippen LogP contribution in [0.4, 0.5) is 0 Å². The molecule has 0 aliphatic carbocycles. The Morgan fingerprint density at radius 1 is 1.07 bits per heavy atom. The first-order valence-electron chi connectivity index (χ1n) is 9.54. The quantitative estimate of drug-likeness (QED) is 0.608. The van der Waals surface area contributed by atoms with Crippen molar-refractivity contribution in [3.8, 4) is 11.6 Å². The molecule has 0 radical (unpaired) electrons. The molecule has 0 saturated heterocycles. The predicted octanol–water partition coefficient (Wildman–Crippen LogP) is 2.16. The van der Waals surface area contributed by atoms with E-state index in [1.54, 1.807) is 17.9 Å². The summed E-state index contributed by atoms with van der Waals surface area (Å²) in [4.78, 5) is 28.4. The molecule has 1 aliphatic rings. The monoisotopic (exact) mass is 393 g/mol. The third kappa shape index (κ3) is 4.12. The number of aromatic nitrogens is 4. The molecule has 0 fully saturated rings. The number of methoxy groups -OCH3 is 1. The second-order valence-electron chi connectivity index (χ2n) is 6.81. The summed E-state index contributed by atoms with van der Waals surface area (Å²) < 4.78 is 12.5. The van der Waals surface area contributed by atoms with E-state index in [1.165, 1.54) is 6.20 Å². The van der Waals surface area contributed by atoms with E-state index >= 15 is 0 Å². The maximum atomic E-state index is 12.9. The van der Waals surface area contributed by atoms with Crippen LogP contribution in [0.5, 0.6) is 11.6 Å². The number of hydrogen-bond donors (Lipinski definition) is 0. The predicted molar refractivity (Wildman–Crippen MR) is 106 cm³/mol. The standard InChI is InChI=1S/C21H23N5O3/c1-3-26-19(13-25-11-16-17(12-25)24-20(28-2)10-22-16)23-9-18(21(26)27)29-14-15-7-5-4-6-8-15/h4-10H,3,11-14H2,1-2H3. The van der Waals surface area contributed by atoms with Gasteiger partial charge >= 0.3 is 0 Å². The molecule has 0 amide bonds. The minimum Gasteiger partial charge on any atom is -0.482 e. The SMILES string of the molecule is CCn1c(CN2Cc3ncc(OC)nc3C2)ncc(OCc2ccccc2)c1=O. The fraction of sp³-hybridized carbons (Fsp3) is 0.333. The Morgan fingerprint density at radius 2 is 1.86 bits per heavy atom. The van der Waals surface area contributed by atoms with Gasteiger partial charge in [0.1, 0.15) is 12.4 Å². The molecule has 3 heterocycles. The highest BCUT2D eigenvalue weighted by Crippen LogP contribution is 2.22. The van der Waals surface area contributed by atoms with Gasteiger partial charge in [-0.15, -0.1) is 0 Å². The largest absolute Gasteiger partial charge is 0.482 e. The van der Waals surface area contributed by atoms with Crippen LogP contribution in [-0.4, -0.2) is 31.5 Å². The van der Waals surface area contributed by atoms with E-state index in [0.717, 1.165) is 17.0 Å². The summed E-state index contributed by atoms with van der Waals surface area (Å²) in [5.41, 5.74) is 2.67. The summed E-state index contributed by atoms with van der Waals surface area (Å²) >= 11 is 0. The van der Waals surface area contributed by atoms with Crippen molar-refractivity contribution in [1.29, 1.82) is 0 Å². The molecule has 0 atom stereocenters. The third-order valence-corrected chi connectivity index (χ3v) is 4.88. The van der Waals surface area contributed by atoms with Gasteiger partial charge in [-0.25, -0.2) is 9.97 Å². The Kier molecular flexibility index (Phi) is 5.53. The molecule has 1 aromatic carbocycles. The van der Waals surface area contributed by atoms with E-state index in [9.17, 15) is 4.79 Å². The first-order valence-corrected chi connectivity index (χ1v) is 9.54. The maximum Gasteiger partial charge on any atom is 0.295 e. The van der Waals surface area contributed by atoms with Crippen molar-refractivity contribution in [2.45, 2.75) is 39.7 Å². The van der Waals surface area contributed by atoms with Gasteiger partial charge in [0.15, 0.2) is 0 Å². The second kappa shape index (κ2) is 8.40. The lowest BCUT2D eigenvalue weighted by Gasteiger charge is -2.17. The van der Waals surface area contributed by atoms with Crippen molar-refractivity contribution in [3.63, 3.8) is 0 Å². The van der Waals surface area contributed by atoms with E-state index in [1.807, 2.05) is 37.3 Å². The second-order valence-corrected chi connectivity index (χ2v) is 6.81. The lowest BCUT2D eigenvalue weighted by atomic mass is 10.2. The first kappa shape index (κ1) is 19.1. The van der Waals surface area contributed by atoms with Crippen LogP contribution in [0.15, 0.2) is 47.5 Å². The van der Waals surface area contributed by atoms with E-state index in [0.29, 0.717) is 44.5 Å². The average Bonchev–Trinajstić information content (AvgIpc) is 3.15. The Balaban J connectivity index is 1.48. The van der Waals surface area contributed by atoms with Gasteiger partial charge < -0.3 is 9.47 Å². The molecule has 8 heteroatoms. The molecule has 0 bridgehead atoms. The molecule has 8 nitrogen and oxygen atoms in total. The molecular formula is C21H23N5O3. The van der Waals surface area contributed by atoms with Crippen LogP contribution in [0, 0.1) is 0 Å². The van der Waals surface area contributed by atoms with Crippen molar-refractivity contribution in [2.24, 2.45) is 0 Å². The van der Waals surface area contributed by atoms with Crippen molar-refractivity contribution in [3.05, 3.63) is 75.9 Å². The molecule has 0 unspecified atom stereocenters. The van der Waals surface area contributed by atoms with Crippen LogP contribution in [-0.2, 0) is 32.8 Å². The number of fused-ring (bicyclic) bond motifs is 1. The smallest absolute Gasteiger partial charge is 0.295 e. The van der Waals surface area contributed by atoms with Gasteiger partial charge in [-0.3, -0.25) is 19.2 Å². The summed E-state index contributed by atoms with van der Waals surface area (Å²) in [6, 6.07) is 9.75. The highest BCUT2D eigenvalue weighted by molar-refractivity contribution is 5.22. The van der Waals surface area contributed by atoms with Crippen LogP contribution in [0.3, 0.4) is 0 Å². The number of ether oxygens (including phenoxy) is 2. The minimum atomic E-state index is -0.164. The van der Waals surface area contributed by atoms with Crippen molar-refractivity contribution in [1.82, 2.24) is 24.4 Å². The molecular weight excluding hydrogens is 370 g/mol. The summed E-state index contributed by atoms with van der Waals surface area (Å²) in [6.45, 7) is 4.63. The van der Waals surface area contributed by atoms with Crippen LogP contribution in [0.2, 0.25) is 0 Å². The van der Waals surface area contributed by atoms with Gasteiger partial charge in [-0.2, -0.15) is 0 Å². The van der Waals surface area contributed by atoms with Crippen LogP contribution < -0.4 is 15.0 Å². The Bertz CT molecular complexity index is 1050. The Morgan fingerprint density at radius 3 is 2.62 bits per heavy atom. The van der Waals surface area contributed by atoms with E-state index in [2.05, 4.69) is 19.9 Å². The van der Waals surface area contributed by atoms with E-state index in [4.69, 9.17) is 9.47 Å². The number of hydrogen-bond acceptors (Lipinski definition) is 7. The number of nitrogens with zero attached hydrogens (tertiary/aromatic N) is 5. The number of benzene rings is 1. The normalized spacial score (nSPS) is 13.3. The zero-order chi connectivity index (χ0) is 20.2. The zero-order valence-corrected chi connectivity index (χ0v) is 16.5. The summed E-state index contributed by atoms with van der Waals surface area (Å²) in [5.74, 6) is 1.47. The van der Waals surface area contributed by atoms with Gasteiger partial charge in [-0.05, 0) is 12.5 Å². The molecule has 0 N–H and O–H groups in total. The van der Waals surface area contributed by atoms with Crippen molar-refractivity contribution < 1.29 is 9.47 Å². The molecule has 0 saturated carbocycles. The topological polar surface area (TPSA) is 82.4 Å². The van der Waals surface area contributed by atoms with Crippen LogP contribution in [0.1, 0.15) is 29.7 Å². The highest BCUT2D eigenvalue weighted by atomic mass is 16.5. The molecule has 1 aliphatic heterocycles. The molecule has 150 valence electrons. The van der Waals surface area contributed by atoms with Gasteiger partial charge in [0.25, 0.3) is 5.56 Å². The van der Waals surface area contributed by atoms with Crippen LogP contribution >= 0.6 is 0 Å². The van der Waals surface area contributed by atoms with Gasteiger partial charge in [0.05, 0.1) is 37.4 Å². The highest BCUT2D eigenvalue weighted by Gasteiger charge is 2.24. The fourth-order valence-corrected chi connectivity index (χ4v) is 3.38.